The van der Waals surface area contributed by atoms with Crippen LogP contribution in [0.3, 0.4) is 0 Å². The largest absolute Gasteiger partial charge is 0.336 e. The summed E-state index contributed by atoms with van der Waals surface area (Å²) >= 11 is 6.10. The van der Waals surface area contributed by atoms with Crippen molar-refractivity contribution >= 4 is 23.2 Å². The number of rotatable bonds is 4. The van der Waals surface area contributed by atoms with Crippen molar-refractivity contribution in [3.8, 4) is 11.3 Å². The lowest BCUT2D eigenvalue weighted by molar-refractivity contribution is 0.0626. The molecule has 0 bridgehead atoms. The van der Waals surface area contributed by atoms with Gasteiger partial charge in [0.2, 0.25) is 0 Å². The van der Waals surface area contributed by atoms with Crippen LogP contribution in [0.2, 0.25) is 5.02 Å². The summed E-state index contributed by atoms with van der Waals surface area (Å²) in [6, 6.07) is 21.7. The fourth-order valence-corrected chi connectivity index (χ4v) is 4.47. The van der Waals surface area contributed by atoms with Crippen molar-refractivity contribution in [3.05, 3.63) is 94.8 Å². The lowest BCUT2D eigenvalue weighted by atomic mass is 10.1. The molecule has 0 saturated carbocycles. The lowest BCUT2D eigenvalue weighted by Crippen LogP contribution is -2.48. The maximum atomic E-state index is 13.0. The quantitative estimate of drug-likeness (QED) is 0.448. The molecule has 1 aliphatic heterocycles. The number of nitrogens with zero attached hydrogens (tertiary/aromatic N) is 4. The minimum absolute atomic E-state index is 0.124. The third-order valence-electron chi connectivity index (χ3n) is 6.15. The van der Waals surface area contributed by atoms with Gasteiger partial charge in [-0.3, -0.25) is 9.69 Å². The van der Waals surface area contributed by atoms with Crippen LogP contribution in [-0.4, -0.2) is 51.3 Å². The molecule has 1 aliphatic rings. The first-order valence-corrected chi connectivity index (χ1v) is 11.3. The number of hydrogen-bond donors (Lipinski definition) is 0. The highest BCUT2D eigenvalue weighted by molar-refractivity contribution is 6.30. The first kappa shape index (κ1) is 20.7. The minimum Gasteiger partial charge on any atom is -0.336 e. The van der Waals surface area contributed by atoms with Gasteiger partial charge < -0.3 is 9.30 Å². The van der Waals surface area contributed by atoms with Gasteiger partial charge in [-0.2, -0.15) is 0 Å². The number of fused-ring (bicyclic) bond motifs is 1. The molecule has 6 heteroatoms. The summed E-state index contributed by atoms with van der Waals surface area (Å²) in [5, 5.41) is 0.716. The molecule has 5 rings (SSSR count). The van der Waals surface area contributed by atoms with Crippen LogP contribution in [0.5, 0.6) is 0 Å². The van der Waals surface area contributed by atoms with Crippen LogP contribution in [-0.2, 0) is 6.54 Å². The van der Waals surface area contributed by atoms with Crippen LogP contribution in [0.25, 0.3) is 16.9 Å². The predicted octanol–water partition coefficient (Wildman–Crippen LogP) is 4.92. The number of piperazine rings is 1. The predicted molar refractivity (Wildman–Crippen MR) is 128 cm³/mol. The number of halogens is 1. The number of aryl methyl sites for hydroxylation is 1. The molecule has 0 atom stereocenters. The summed E-state index contributed by atoms with van der Waals surface area (Å²) in [5.74, 6) is 0.124. The van der Waals surface area contributed by atoms with Crippen LogP contribution in [0.4, 0.5) is 0 Å². The van der Waals surface area contributed by atoms with Gasteiger partial charge >= 0.3 is 0 Å². The maximum absolute atomic E-state index is 13.0. The Hall–Kier alpha value is -3.15. The number of aromatic nitrogens is 2. The van der Waals surface area contributed by atoms with Crippen molar-refractivity contribution in [2.45, 2.75) is 13.5 Å². The third-order valence-corrected chi connectivity index (χ3v) is 6.41. The first-order valence-electron chi connectivity index (χ1n) is 10.9. The van der Waals surface area contributed by atoms with Crippen LogP contribution in [0, 0.1) is 6.92 Å². The van der Waals surface area contributed by atoms with Gasteiger partial charge in [0.15, 0.2) is 0 Å². The van der Waals surface area contributed by atoms with Crippen molar-refractivity contribution in [2.24, 2.45) is 0 Å². The summed E-state index contributed by atoms with van der Waals surface area (Å²) < 4.78 is 2.16. The Morgan fingerprint density at radius 3 is 2.41 bits per heavy atom. The molecule has 0 aliphatic carbocycles. The molecule has 162 valence electrons. The topological polar surface area (TPSA) is 40.9 Å². The first-order chi connectivity index (χ1) is 15.6. The summed E-state index contributed by atoms with van der Waals surface area (Å²) in [6.07, 6.45) is 2.06. The summed E-state index contributed by atoms with van der Waals surface area (Å²) in [4.78, 5) is 22.2. The van der Waals surface area contributed by atoms with Gasteiger partial charge in [-0.15, -0.1) is 0 Å². The Kier molecular flexibility index (Phi) is 5.68. The molecular weight excluding hydrogens is 420 g/mol. The molecule has 1 saturated heterocycles. The molecule has 32 heavy (non-hydrogen) atoms. The van der Waals surface area contributed by atoms with Crippen LogP contribution in [0.15, 0.2) is 72.9 Å². The van der Waals surface area contributed by atoms with E-state index in [4.69, 9.17) is 16.6 Å². The second-order valence-electron chi connectivity index (χ2n) is 8.23. The Labute approximate surface area is 192 Å². The monoisotopic (exact) mass is 444 g/mol. The second-order valence-corrected chi connectivity index (χ2v) is 8.66. The molecule has 1 amide bonds. The molecule has 2 aromatic carbocycles. The van der Waals surface area contributed by atoms with E-state index in [0.29, 0.717) is 5.02 Å². The van der Waals surface area contributed by atoms with Gasteiger partial charge in [-0.05, 0) is 42.8 Å². The number of carbonyl (C=O) groups is 1. The molecule has 1 fully saturated rings. The molecule has 2 aromatic heterocycles. The van der Waals surface area contributed by atoms with E-state index in [2.05, 4.69) is 15.5 Å². The molecule has 0 N–H and O–H groups in total. The van der Waals surface area contributed by atoms with Gasteiger partial charge in [0.1, 0.15) is 5.65 Å². The van der Waals surface area contributed by atoms with Gasteiger partial charge in [-0.25, -0.2) is 4.98 Å². The molecule has 0 radical (unpaired) electrons. The molecular formula is C26H25ClN4O. The molecule has 0 unspecified atom stereocenters. The number of hydrogen-bond acceptors (Lipinski definition) is 3. The van der Waals surface area contributed by atoms with Crippen molar-refractivity contribution < 1.29 is 4.79 Å². The zero-order valence-electron chi connectivity index (χ0n) is 18.0. The van der Waals surface area contributed by atoms with E-state index in [0.717, 1.165) is 66.4 Å². The van der Waals surface area contributed by atoms with Gasteiger partial charge in [0.25, 0.3) is 5.91 Å². The molecule has 0 spiro atoms. The SMILES string of the molecule is Cc1ccccc1C(=O)N1CCN(Cc2c(-c3ccc(Cl)cc3)nc3ccccn23)CC1. The number of amides is 1. The van der Waals surface area contributed by atoms with E-state index < -0.39 is 0 Å². The fourth-order valence-electron chi connectivity index (χ4n) is 4.34. The average molecular weight is 445 g/mol. The second kappa shape index (κ2) is 8.77. The van der Waals surface area contributed by atoms with E-state index >= 15 is 0 Å². The van der Waals surface area contributed by atoms with Crippen LogP contribution in [0.1, 0.15) is 21.6 Å². The number of imidazole rings is 1. The highest BCUT2D eigenvalue weighted by Crippen LogP contribution is 2.27. The zero-order chi connectivity index (χ0) is 22.1. The van der Waals surface area contributed by atoms with E-state index in [1.54, 1.807) is 0 Å². The average Bonchev–Trinajstić information content (AvgIpc) is 3.18. The number of benzene rings is 2. The standard InChI is InChI=1S/C26H25ClN4O/c1-19-6-2-3-7-22(19)26(32)30-16-14-29(15-17-30)18-23-25(20-9-11-21(27)12-10-20)28-24-8-4-5-13-31(23)24/h2-13H,14-18H2,1H3. The lowest BCUT2D eigenvalue weighted by Gasteiger charge is -2.35. The van der Waals surface area contributed by atoms with E-state index in [1.807, 2.05) is 78.6 Å². The maximum Gasteiger partial charge on any atom is 0.254 e. The van der Waals surface area contributed by atoms with Crippen molar-refractivity contribution in [2.75, 3.05) is 26.2 Å². The summed E-state index contributed by atoms with van der Waals surface area (Å²) in [6.45, 7) is 5.87. The van der Waals surface area contributed by atoms with Gasteiger partial charge in [-0.1, -0.05) is 48.0 Å². The number of carbonyl (C=O) groups excluding carboxylic acids is 1. The van der Waals surface area contributed by atoms with Crippen LogP contribution >= 0.6 is 11.6 Å². The molecule has 4 aromatic rings. The van der Waals surface area contributed by atoms with Crippen molar-refractivity contribution in [1.29, 1.82) is 0 Å². The van der Waals surface area contributed by atoms with Crippen molar-refractivity contribution in [3.63, 3.8) is 0 Å². The molecule has 3 heterocycles. The highest BCUT2D eigenvalue weighted by Gasteiger charge is 2.25. The van der Waals surface area contributed by atoms with Crippen LogP contribution < -0.4 is 0 Å². The fraction of sp³-hybridized carbons (Fsp3) is 0.231. The Balaban J connectivity index is 1.36. The normalized spacial score (nSPS) is 14.8. The molecule has 5 nitrogen and oxygen atoms in total. The Morgan fingerprint density at radius 2 is 1.66 bits per heavy atom. The summed E-state index contributed by atoms with van der Waals surface area (Å²) in [5.41, 5.74) is 5.95. The minimum atomic E-state index is 0.124. The van der Waals surface area contributed by atoms with E-state index in [-0.39, 0.29) is 5.91 Å². The smallest absolute Gasteiger partial charge is 0.254 e. The third kappa shape index (κ3) is 4.01. The Morgan fingerprint density at radius 1 is 0.938 bits per heavy atom. The van der Waals surface area contributed by atoms with Gasteiger partial charge in [0.05, 0.1) is 11.4 Å². The number of pyridine rings is 1. The summed E-state index contributed by atoms with van der Waals surface area (Å²) in [7, 11) is 0. The Bertz CT molecular complexity index is 1260. The van der Waals surface area contributed by atoms with E-state index in [1.165, 1.54) is 0 Å². The van der Waals surface area contributed by atoms with Gasteiger partial charge in [0, 0.05) is 55.1 Å². The highest BCUT2D eigenvalue weighted by atomic mass is 35.5. The zero-order valence-corrected chi connectivity index (χ0v) is 18.8. The van der Waals surface area contributed by atoms with Crippen molar-refractivity contribution in [1.82, 2.24) is 19.2 Å². The van der Waals surface area contributed by atoms with E-state index in [9.17, 15) is 4.79 Å².